The number of carbonyl (C=O) groups is 1. The number of aromatic nitrogens is 1. The van der Waals surface area contributed by atoms with Gasteiger partial charge < -0.3 is 10.2 Å². The number of amides is 1. The zero-order valence-electron chi connectivity index (χ0n) is 11.1. The van der Waals surface area contributed by atoms with Gasteiger partial charge in [0.15, 0.2) is 0 Å². The molecule has 1 aromatic rings. The van der Waals surface area contributed by atoms with Crippen LogP contribution in [0.15, 0.2) is 24.5 Å². The third-order valence-electron chi connectivity index (χ3n) is 3.32. The fraction of sp³-hybridized carbons (Fsp3) is 0.571. The molecule has 1 saturated heterocycles. The first-order valence-corrected chi connectivity index (χ1v) is 6.62. The van der Waals surface area contributed by atoms with Crippen LogP contribution >= 0.6 is 0 Å². The Bertz CT molecular complexity index is 383. The van der Waals surface area contributed by atoms with Crippen LogP contribution in [0.5, 0.6) is 0 Å². The molecule has 1 aliphatic rings. The first-order chi connectivity index (χ1) is 8.66. The molecule has 0 unspecified atom stereocenters. The number of anilines is 1. The maximum atomic E-state index is 11.9. The number of nitrogens with zero attached hydrogens (tertiary/aromatic N) is 2. The lowest BCUT2D eigenvalue weighted by Crippen LogP contribution is -2.42. The molecule has 1 N–H and O–H groups in total. The maximum absolute atomic E-state index is 11.9. The Morgan fingerprint density at radius 3 is 2.50 bits per heavy atom. The Kier molecular flexibility index (Phi) is 4.18. The normalized spacial score (nSPS) is 16.9. The van der Waals surface area contributed by atoms with Crippen LogP contribution in [-0.2, 0) is 4.79 Å². The van der Waals surface area contributed by atoms with Gasteiger partial charge in [-0.15, -0.1) is 0 Å². The zero-order chi connectivity index (χ0) is 13.0. The van der Waals surface area contributed by atoms with Crippen LogP contribution in [0.1, 0.15) is 26.7 Å². The lowest BCUT2D eigenvalue weighted by Gasteiger charge is -2.33. The maximum Gasteiger partial charge on any atom is 0.223 e. The summed E-state index contributed by atoms with van der Waals surface area (Å²) in [6.45, 7) is 5.90. The molecule has 1 amide bonds. The number of hydrogen-bond acceptors (Lipinski definition) is 3. The van der Waals surface area contributed by atoms with Crippen molar-refractivity contribution in [2.75, 3.05) is 18.0 Å². The van der Waals surface area contributed by atoms with Crippen molar-refractivity contribution in [1.82, 2.24) is 10.3 Å². The minimum atomic E-state index is 0.172. The minimum Gasteiger partial charge on any atom is -0.371 e. The molecule has 0 saturated carbocycles. The third kappa shape index (κ3) is 3.22. The second-order valence-electron chi connectivity index (χ2n) is 5.13. The molecule has 1 aromatic heterocycles. The number of rotatable bonds is 3. The summed E-state index contributed by atoms with van der Waals surface area (Å²) in [5.74, 6) is 0.380. The lowest BCUT2D eigenvalue weighted by molar-refractivity contribution is -0.126. The Morgan fingerprint density at radius 2 is 1.94 bits per heavy atom. The topological polar surface area (TPSA) is 45.2 Å². The van der Waals surface area contributed by atoms with E-state index < -0.39 is 0 Å². The molecule has 18 heavy (non-hydrogen) atoms. The van der Waals surface area contributed by atoms with Crippen molar-refractivity contribution in [3.05, 3.63) is 24.5 Å². The molecule has 0 aliphatic carbocycles. The van der Waals surface area contributed by atoms with Gasteiger partial charge in [-0.3, -0.25) is 9.78 Å². The van der Waals surface area contributed by atoms with Crippen molar-refractivity contribution in [2.45, 2.75) is 32.7 Å². The van der Waals surface area contributed by atoms with Crippen molar-refractivity contribution < 1.29 is 4.79 Å². The highest BCUT2D eigenvalue weighted by Crippen LogP contribution is 2.22. The molecule has 4 nitrogen and oxygen atoms in total. The lowest BCUT2D eigenvalue weighted by atomic mass is 9.95. The van der Waals surface area contributed by atoms with Crippen LogP contribution < -0.4 is 10.2 Å². The molecular formula is C14H21N3O. The summed E-state index contributed by atoms with van der Waals surface area (Å²) < 4.78 is 0. The first kappa shape index (κ1) is 12.9. The van der Waals surface area contributed by atoms with Gasteiger partial charge in [-0.05, 0) is 38.8 Å². The van der Waals surface area contributed by atoms with Crippen molar-refractivity contribution in [1.29, 1.82) is 0 Å². The highest BCUT2D eigenvalue weighted by atomic mass is 16.1. The standard InChI is InChI=1S/C14H21N3O/c1-11(2)16-14(18)12-5-9-17(10-6-12)13-3-7-15-8-4-13/h3-4,7-8,11-12H,5-6,9-10H2,1-2H3,(H,16,18). The van der Waals surface area contributed by atoms with Crippen molar-refractivity contribution >= 4 is 11.6 Å². The smallest absolute Gasteiger partial charge is 0.223 e. The minimum absolute atomic E-state index is 0.172. The molecule has 1 aliphatic heterocycles. The summed E-state index contributed by atoms with van der Waals surface area (Å²) in [6.07, 6.45) is 5.49. The molecule has 4 heteroatoms. The zero-order valence-corrected chi connectivity index (χ0v) is 11.1. The van der Waals surface area contributed by atoms with Gasteiger partial charge in [-0.1, -0.05) is 0 Å². The monoisotopic (exact) mass is 247 g/mol. The van der Waals surface area contributed by atoms with E-state index in [2.05, 4.69) is 15.2 Å². The number of hydrogen-bond donors (Lipinski definition) is 1. The summed E-state index contributed by atoms with van der Waals surface area (Å²) in [5.41, 5.74) is 1.20. The Balaban J connectivity index is 1.87. The van der Waals surface area contributed by atoms with E-state index in [9.17, 15) is 4.79 Å². The SMILES string of the molecule is CC(C)NC(=O)C1CCN(c2ccncc2)CC1. The largest absolute Gasteiger partial charge is 0.371 e. The highest BCUT2D eigenvalue weighted by Gasteiger charge is 2.25. The Labute approximate surface area is 108 Å². The van der Waals surface area contributed by atoms with Crippen LogP contribution in [0.3, 0.4) is 0 Å². The molecule has 0 radical (unpaired) electrons. The molecule has 2 heterocycles. The van der Waals surface area contributed by atoms with Gasteiger partial charge in [0.1, 0.15) is 0 Å². The summed E-state index contributed by atoms with van der Waals surface area (Å²) in [5, 5.41) is 3.00. The quantitative estimate of drug-likeness (QED) is 0.886. The van der Waals surface area contributed by atoms with Crippen molar-refractivity contribution in [2.24, 2.45) is 5.92 Å². The second-order valence-corrected chi connectivity index (χ2v) is 5.13. The summed E-state index contributed by atoms with van der Waals surface area (Å²) in [7, 11) is 0. The van der Waals surface area contributed by atoms with Crippen LogP contribution in [-0.4, -0.2) is 30.0 Å². The van der Waals surface area contributed by atoms with Crippen LogP contribution in [0, 0.1) is 5.92 Å². The van der Waals surface area contributed by atoms with E-state index in [-0.39, 0.29) is 17.9 Å². The van der Waals surface area contributed by atoms with Gasteiger partial charge in [-0.25, -0.2) is 0 Å². The van der Waals surface area contributed by atoms with Gasteiger partial charge in [0, 0.05) is 43.1 Å². The number of carbonyl (C=O) groups excluding carboxylic acids is 1. The molecule has 1 fully saturated rings. The molecule has 98 valence electrons. The Morgan fingerprint density at radius 1 is 1.33 bits per heavy atom. The van der Waals surface area contributed by atoms with Crippen LogP contribution in [0.25, 0.3) is 0 Å². The highest BCUT2D eigenvalue weighted by molar-refractivity contribution is 5.79. The van der Waals surface area contributed by atoms with E-state index in [1.54, 1.807) is 0 Å². The third-order valence-corrected chi connectivity index (χ3v) is 3.32. The van der Waals surface area contributed by atoms with Crippen molar-refractivity contribution in [3.63, 3.8) is 0 Å². The van der Waals surface area contributed by atoms with Gasteiger partial charge in [0.2, 0.25) is 5.91 Å². The molecule has 0 atom stereocenters. The number of pyridine rings is 1. The van der Waals surface area contributed by atoms with E-state index in [0.717, 1.165) is 25.9 Å². The predicted octanol–water partition coefficient (Wildman–Crippen LogP) is 1.82. The van der Waals surface area contributed by atoms with E-state index in [4.69, 9.17) is 0 Å². The summed E-state index contributed by atoms with van der Waals surface area (Å²) in [6, 6.07) is 4.28. The average molecular weight is 247 g/mol. The first-order valence-electron chi connectivity index (χ1n) is 6.62. The van der Waals surface area contributed by atoms with Gasteiger partial charge in [0.05, 0.1) is 0 Å². The predicted molar refractivity (Wildman–Crippen MR) is 72.5 cm³/mol. The molecule has 0 aromatic carbocycles. The van der Waals surface area contributed by atoms with E-state index in [1.165, 1.54) is 5.69 Å². The van der Waals surface area contributed by atoms with Gasteiger partial charge >= 0.3 is 0 Å². The van der Waals surface area contributed by atoms with E-state index >= 15 is 0 Å². The Hall–Kier alpha value is -1.58. The second kappa shape index (κ2) is 5.85. The fourth-order valence-electron chi connectivity index (χ4n) is 2.36. The van der Waals surface area contributed by atoms with Crippen LogP contribution in [0.4, 0.5) is 5.69 Å². The number of nitrogens with one attached hydrogen (secondary N) is 1. The van der Waals surface area contributed by atoms with Gasteiger partial charge in [0.25, 0.3) is 0 Å². The molecular weight excluding hydrogens is 226 g/mol. The van der Waals surface area contributed by atoms with Crippen LogP contribution in [0.2, 0.25) is 0 Å². The van der Waals surface area contributed by atoms with Crippen molar-refractivity contribution in [3.8, 4) is 0 Å². The van der Waals surface area contributed by atoms with E-state index in [1.807, 2.05) is 38.4 Å². The summed E-state index contributed by atoms with van der Waals surface area (Å²) >= 11 is 0. The average Bonchev–Trinajstić information content (AvgIpc) is 2.39. The van der Waals surface area contributed by atoms with E-state index in [0.29, 0.717) is 0 Å². The molecule has 0 bridgehead atoms. The number of piperidine rings is 1. The molecule has 2 rings (SSSR count). The summed E-state index contributed by atoms with van der Waals surface area (Å²) in [4.78, 5) is 18.3. The molecule has 0 spiro atoms. The fourth-order valence-corrected chi connectivity index (χ4v) is 2.36. The van der Waals surface area contributed by atoms with Gasteiger partial charge in [-0.2, -0.15) is 0 Å².